The highest BCUT2D eigenvalue weighted by Crippen LogP contribution is 2.25. The molecule has 1 rings (SSSR count). The second-order valence-electron chi connectivity index (χ2n) is 6.03. The Morgan fingerprint density at radius 1 is 1.05 bits per heavy atom. The van der Waals surface area contributed by atoms with E-state index in [1.54, 1.807) is 0 Å². The molecule has 3 heteroatoms. The molecule has 0 saturated heterocycles. The minimum atomic E-state index is -0.660. The van der Waals surface area contributed by atoms with E-state index in [4.69, 9.17) is 5.11 Å². The molecule has 0 saturated carbocycles. The highest BCUT2D eigenvalue weighted by molar-refractivity contribution is 7.10. The number of thiophene rings is 1. The van der Waals surface area contributed by atoms with Gasteiger partial charge in [0.1, 0.15) is 0 Å². The van der Waals surface area contributed by atoms with Gasteiger partial charge in [0.15, 0.2) is 0 Å². The van der Waals surface area contributed by atoms with E-state index in [0.717, 1.165) is 18.8 Å². The van der Waals surface area contributed by atoms with Crippen molar-refractivity contribution in [1.82, 2.24) is 0 Å². The third-order valence-corrected chi connectivity index (χ3v) is 5.16. The lowest BCUT2D eigenvalue weighted by Crippen LogP contribution is -1.93. The summed E-state index contributed by atoms with van der Waals surface area (Å²) in [6.07, 6.45) is 12.7. The fourth-order valence-electron chi connectivity index (χ4n) is 2.68. The number of rotatable bonds is 13. The molecule has 1 aromatic heterocycles. The maximum Gasteiger partial charge on any atom is 0.303 e. The van der Waals surface area contributed by atoms with Gasteiger partial charge in [-0.05, 0) is 30.2 Å². The van der Waals surface area contributed by atoms with E-state index >= 15 is 0 Å². The van der Waals surface area contributed by atoms with Crippen LogP contribution in [0, 0.1) is 0 Å². The Kier molecular flexibility index (Phi) is 10.2. The second-order valence-corrected chi connectivity index (χ2v) is 7.01. The topological polar surface area (TPSA) is 37.3 Å². The van der Waals surface area contributed by atoms with Gasteiger partial charge in [0.25, 0.3) is 0 Å². The summed E-state index contributed by atoms with van der Waals surface area (Å²) in [5.41, 5.74) is 0. The summed E-state index contributed by atoms with van der Waals surface area (Å²) in [5, 5.41) is 10.7. The quantitative estimate of drug-likeness (QED) is 0.439. The van der Waals surface area contributed by atoms with Gasteiger partial charge in [-0.3, -0.25) is 4.79 Å². The molecule has 1 atom stereocenters. The van der Waals surface area contributed by atoms with Crippen LogP contribution in [0.4, 0.5) is 0 Å². The second kappa shape index (κ2) is 11.8. The van der Waals surface area contributed by atoms with Crippen LogP contribution in [0.3, 0.4) is 0 Å². The number of aliphatic carboxylic acids is 1. The van der Waals surface area contributed by atoms with Crippen LogP contribution in [0.2, 0.25) is 0 Å². The van der Waals surface area contributed by atoms with Crippen molar-refractivity contribution < 1.29 is 9.90 Å². The third-order valence-electron chi connectivity index (χ3n) is 4.06. The molecule has 0 radical (unpaired) electrons. The SMILES string of the molecule is CC(CCCCCCCCCCCC(=O)O)c1cccs1. The molecule has 120 valence electrons. The van der Waals surface area contributed by atoms with E-state index in [9.17, 15) is 4.79 Å². The van der Waals surface area contributed by atoms with Gasteiger partial charge in [0.05, 0.1) is 0 Å². The number of carboxylic acids is 1. The molecule has 0 bridgehead atoms. The number of unbranched alkanes of at least 4 members (excludes halogenated alkanes) is 8. The summed E-state index contributed by atoms with van der Waals surface area (Å²) in [7, 11) is 0. The number of carbonyl (C=O) groups is 1. The van der Waals surface area contributed by atoms with Crippen molar-refractivity contribution >= 4 is 17.3 Å². The van der Waals surface area contributed by atoms with Crippen LogP contribution in [-0.2, 0) is 4.79 Å². The third kappa shape index (κ3) is 9.67. The Balaban J connectivity index is 1.81. The van der Waals surface area contributed by atoms with Crippen LogP contribution in [0.1, 0.15) is 88.3 Å². The van der Waals surface area contributed by atoms with Gasteiger partial charge in [-0.2, -0.15) is 0 Å². The molecule has 21 heavy (non-hydrogen) atoms. The van der Waals surface area contributed by atoms with Gasteiger partial charge >= 0.3 is 5.97 Å². The van der Waals surface area contributed by atoms with E-state index in [1.807, 2.05) is 11.3 Å². The molecule has 1 unspecified atom stereocenters. The zero-order valence-corrected chi connectivity index (χ0v) is 14.2. The lowest BCUT2D eigenvalue weighted by Gasteiger charge is -2.08. The lowest BCUT2D eigenvalue weighted by atomic mass is 10.00. The molecular formula is C18H30O2S. The van der Waals surface area contributed by atoms with Crippen LogP contribution in [0.15, 0.2) is 17.5 Å². The first-order valence-corrected chi connectivity index (χ1v) is 9.33. The van der Waals surface area contributed by atoms with Crippen molar-refractivity contribution in [2.45, 2.75) is 83.5 Å². The van der Waals surface area contributed by atoms with E-state index in [-0.39, 0.29) is 0 Å². The number of hydrogen-bond acceptors (Lipinski definition) is 2. The molecule has 2 nitrogen and oxygen atoms in total. The van der Waals surface area contributed by atoms with Gasteiger partial charge in [-0.15, -0.1) is 11.3 Å². The maximum atomic E-state index is 10.4. The van der Waals surface area contributed by atoms with Crippen LogP contribution in [0.5, 0.6) is 0 Å². The molecule has 0 spiro atoms. The van der Waals surface area contributed by atoms with Gasteiger partial charge in [0.2, 0.25) is 0 Å². The summed E-state index contributed by atoms with van der Waals surface area (Å²) in [6, 6.07) is 4.40. The minimum absolute atomic E-state index is 0.336. The molecule has 0 aliphatic rings. The number of carboxylic acid groups (broad SMARTS) is 1. The summed E-state index contributed by atoms with van der Waals surface area (Å²) < 4.78 is 0. The van der Waals surface area contributed by atoms with E-state index in [2.05, 4.69) is 24.4 Å². The molecule has 0 aliphatic heterocycles. The molecule has 0 aliphatic carbocycles. The highest BCUT2D eigenvalue weighted by Gasteiger charge is 2.05. The summed E-state index contributed by atoms with van der Waals surface area (Å²) >= 11 is 1.88. The predicted octanol–water partition coefficient (Wildman–Crippen LogP) is 6.23. The van der Waals surface area contributed by atoms with Gasteiger partial charge in [-0.1, -0.05) is 64.4 Å². The average Bonchev–Trinajstić information content (AvgIpc) is 2.98. The van der Waals surface area contributed by atoms with Crippen LogP contribution in [-0.4, -0.2) is 11.1 Å². The fourth-order valence-corrected chi connectivity index (χ4v) is 3.50. The number of hydrogen-bond donors (Lipinski definition) is 1. The van der Waals surface area contributed by atoms with Gasteiger partial charge in [0, 0.05) is 11.3 Å². The average molecular weight is 311 g/mol. The standard InChI is InChI=1S/C18H30O2S/c1-16(17-13-11-15-21-17)12-9-7-5-3-2-4-6-8-10-14-18(19)20/h11,13,15-16H,2-10,12,14H2,1H3,(H,19,20). The maximum absolute atomic E-state index is 10.4. The lowest BCUT2D eigenvalue weighted by molar-refractivity contribution is -0.137. The van der Waals surface area contributed by atoms with Gasteiger partial charge in [-0.25, -0.2) is 0 Å². The normalized spacial score (nSPS) is 12.4. The van der Waals surface area contributed by atoms with Crippen molar-refractivity contribution in [2.24, 2.45) is 0 Å². The summed E-state index contributed by atoms with van der Waals surface area (Å²) in [6.45, 7) is 2.34. The Morgan fingerprint density at radius 3 is 2.14 bits per heavy atom. The fraction of sp³-hybridized carbons (Fsp3) is 0.722. The molecule has 0 fully saturated rings. The molecule has 0 aromatic carbocycles. The largest absolute Gasteiger partial charge is 0.481 e. The first kappa shape index (κ1) is 18.2. The summed E-state index contributed by atoms with van der Waals surface area (Å²) in [5.74, 6) is 0.0611. The van der Waals surface area contributed by atoms with Crippen LogP contribution >= 0.6 is 11.3 Å². The molecule has 1 N–H and O–H groups in total. The molecule has 1 aromatic rings. The van der Waals surface area contributed by atoms with Crippen molar-refractivity contribution in [3.63, 3.8) is 0 Å². The predicted molar refractivity (Wildman–Crippen MR) is 91.2 cm³/mol. The summed E-state index contributed by atoms with van der Waals surface area (Å²) in [4.78, 5) is 11.9. The minimum Gasteiger partial charge on any atom is -0.481 e. The monoisotopic (exact) mass is 310 g/mol. The smallest absolute Gasteiger partial charge is 0.303 e. The van der Waals surface area contributed by atoms with E-state index in [0.29, 0.717) is 6.42 Å². The van der Waals surface area contributed by atoms with Gasteiger partial charge < -0.3 is 5.11 Å². The van der Waals surface area contributed by atoms with Crippen molar-refractivity contribution in [3.05, 3.63) is 22.4 Å². The zero-order chi connectivity index (χ0) is 15.3. The van der Waals surface area contributed by atoms with Crippen LogP contribution < -0.4 is 0 Å². The Labute approximate surface area is 133 Å². The zero-order valence-electron chi connectivity index (χ0n) is 13.4. The first-order valence-electron chi connectivity index (χ1n) is 8.45. The highest BCUT2D eigenvalue weighted by atomic mass is 32.1. The van der Waals surface area contributed by atoms with E-state index in [1.165, 1.54) is 56.2 Å². The van der Waals surface area contributed by atoms with Crippen LogP contribution in [0.25, 0.3) is 0 Å². The Morgan fingerprint density at radius 2 is 1.62 bits per heavy atom. The van der Waals surface area contributed by atoms with Crippen molar-refractivity contribution in [2.75, 3.05) is 0 Å². The molecule has 0 amide bonds. The van der Waals surface area contributed by atoms with Crippen molar-refractivity contribution in [3.8, 4) is 0 Å². The Hall–Kier alpha value is -0.830. The molecular weight excluding hydrogens is 280 g/mol. The van der Waals surface area contributed by atoms with E-state index < -0.39 is 5.97 Å². The Bertz CT molecular complexity index is 359. The first-order chi connectivity index (χ1) is 10.2. The molecule has 1 heterocycles. The van der Waals surface area contributed by atoms with Crippen molar-refractivity contribution in [1.29, 1.82) is 0 Å².